The summed E-state index contributed by atoms with van der Waals surface area (Å²) in [5.41, 5.74) is 0.0903. The van der Waals surface area contributed by atoms with E-state index in [1.165, 1.54) is 22.9 Å². The molecule has 1 aromatic carbocycles. The summed E-state index contributed by atoms with van der Waals surface area (Å²) >= 11 is 2.99. The van der Waals surface area contributed by atoms with Crippen molar-refractivity contribution >= 4 is 44.0 Å². The van der Waals surface area contributed by atoms with Gasteiger partial charge in [0.25, 0.3) is 5.56 Å². The number of aromatic nitrogens is 2. The SMILES string of the molecule is Cc1cnc(NC(=O)CCCCCn2sc3ccccc3c2=O)s1. The smallest absolute Gasteiger partial charge is 0.268 e. The highest BCUT2D eigenvalue weighted by atomic mass is 32.1. The first kappa shape index (κ1) is 16.9. The number of hydrogen-bond acceptors (Lipinski definition) is 5. The maximum Gasteiger partial charge on any atom is 0.268 e. The van der Waals surface area contributed by atoms with Gasteiger partial charge in [0.15, 0.2) is 5.13 Å². The predicted octanol–water partition coefficient (Wildman–Crippen LogP) is 4.03. The molecule has 3 rings (SSSR count). The van der Waals surface area contributed by atoms with Crippen molar-refractivity contribution in [3.63, 3.8) is 0 Å². The van der Waals surface area contributed by atoms with Crippen molar-refractivity contribution in [3.05, 3.63) is 45.7 Å². The molecule has 0 saturated heterocycles. The molecular weight excluding hydrogens is 342 g/mol. The largest absolute Gasteiger partial charge is 0.302 e. The van der Waals surface area contributed by atoms with E-state index in [9.17, 15) is 9.59 Å². The summed E-state index contributed by atoms with van der Waals surface area (Å²) in [7, 11) is 0. The van der Waals surface area contributed by atoms with Crippen LogP contribution in [0.25, 0.3) is 10.1 Å². The number of anilines is 1. The van der Waals surface area contributed by atoms with E-state index in [0.717, 1.165) is 34.2 Å². The van der Waals surface area contributed by atoms with Crippen LogP contribution in [0.2, 0.25) is 0 Å². The summed E-state index contributed by atoms with van der Waals surface area (Å²) in [6.07, 6.45) is 4.88. The van der Waals surface area contributed by atoms with E-state index in [4.69, 9.17) is 0 Å². The van der Waals surface area contributed by atoms with Crippen molar-refractivity contribution in [1.29, 1.82) is 0 Å². The molecule has 126 valence electrons. The first-order chi connectivity index (χ1) is 11.6. The number of carbonyl (C=O) groups is 1. The number of fused-ring (bicyclic) bond motifs is 1. The molecular formula is C17H19N3O2S2. The van der Waals surface area contributed by atoms with Crippen LogP contribution in [-0.2, 0) is 11.3 Å². The number of hydrogen-bond donors (Lipinski definition) is 1. The Hall–Kier alpha value is -1.99. The molecule has 1 amide bonds. The van der Waals surface area contributed by atoms with Gasteiger partial charge in [0.1, 0.15) is 0 Å². The van der Waals surface area contributed by atoms with Crippen molar-refractivity contribution in [2.45, 2.75) is 39.2 Å². The third-order valence-electron chi connectivity index (χ3n) is 3.69. The number of carbonyl (C=O) groups excluding carboxylic acids is 1. The molecule has 24 heavy (non-hydrogen) atoms. The average Bonchev–Trinajstić information content (AvgIpc) is 3.11. The molecule has 2 heterocycles. The predicted molar refractivity (Wildman–Crippen MR) is 100 cm³/mol. The number of unbranched alkanes of at least 4 members (excludes halogenated alkanes) is 2. The van der Waals surface area contributed by atoms with Gasteiger partial charge in [0.2, 0.25) is 5.91 Å². The van der Waals surface area contributed by atoms with Gasteiger partial charge in [-0.3, -0.25) is 13.5 Å². The molecule has 0 unspecified atom stereocenters. The minimum absolute atomic E-state index is 0.00313. The van der Waals surface area contributed by atoms with E-state index in [1.807, 2.05) is 35.1 Å². The Morgan fingerprint density at radius 1 is 1.25 bits per heavy atom. The molecule has 0 spiro atoms. The lowest BCUT2D eigenvalue weighted by Crippen LogP contribution is -2.13. The molecule has 1 N–H and O–H groups in total. The molecule has 0 radical (unpaired) electrons. The fourth-order valence-electron chi connectivity index (χ4n) is 2.48. The molecule has 0 atom stereocenters. The van der Waals surface area contributed by atoms with Crippen LogP contribution in [0.3, 0.4) is 0 Å². The Kier molecular flexibility index (Phi) is 5.42. The molecule has 0 aliphatic rings. The van der Waals surface area contributed by atoms with Crippen LogP contribution >= 0.6 is 22.9 Å². The first-order valence-electron chi connectivity index (χ1n) is 7.94. The van der Waals surface area contributed by atoms with Crippen molar-refractivity contribution in [2.24, 2.45) is 0 Å². The number of nitrogens with one attached hydrogen (secondary N) is 1. The maximum atomic E-state index is 12.2. The number of benzene rings is 1. The van der Waals surface area contributed by atoms with Crippen molar-refractivity contribution in [3.8, 4) is 0 Å². The summed E-state index contributed by atoms with van der Waals surface area (Å²) in [6.45, 7) is 2.68. The Balaban J connectivity index is 1.41. The third kappa shape index (κ3) is 4.10. The molecule has 5 nitrogen and oxygen atoms in total. The highest BCUT2D eigenvalue weighted by molar-refractivity contribution is 7.15. The van der Waals surface area contributed by atoms with Gasteiger partial charge >= 0.3 is 0 Å². The summed E-state index contributed by atoms with van der Waals surface area (Å²) in [5, 5.41) is 4.27. The quantitative estimate of drug-likeness (QED) is 0.646. The van der Waals surface area contributed by atoms with Crippen LogP contribution in [0.1, 0.15) is 30.6 Å². The standard InChI is InChI=1S/C17H19N3O2S2/c1-12-11-18-17(23-12)19-15(21)9-3-2-6-10-20-16(22)13-7-4-5-8-14(13)24-20/h4-5,7-8,11H,2-3,6,9-10H2,1H3,(H,18,19,21). The second-order valence-corrected chi connectivity index (χ2v) is 7.93. The van der Waals surface area contributed by atoms with Crippen LogP contribution < -0.4 is 10.9 Å². The number of nitrogens with zero attached hydrogens (tertiary/aromatic N) is 2. The lowest BCUT2D eigenvalue weighted by Gasteiger charge is -2.02. The van der Waals surface area contributed by atoms with Gasteiger partial charge in [0.05, 0.1) is 10.1 Å². The van der Waals surface area contributed by atoms with Gasteiger partial charge in [0, 0.05) is 24.0 Å². The second-order valence-electron chi connectivity index (χ2n) is 5.63. The fourth-order valence-corrected chi connectivity index (χ4v) is 4.19. The normalized spacial score (nSPS) is 11.0. The second kappa shape index (κ2) is 7.72. The third-order valence-corrected chi connectivity index (χ3v) is 5.63. The maximum absolute atomic E-state index is 12.2. The van der Waals surface area contributed by atoms with Gasteiger partial charge < -0.3 is 5.32 Å². The van der Waals surface area contributed by atoms with Crippen molar-refractivity contribution in [2.75, 3.05) is 5.32 Å². The molecule has 0 bridgehead atoms. The zero-order chi connectivity index (χ0) is 16.9. The Morgan fingerprint density at radius 3 is 2.83 bits per heavy atom. The van der Waals surface area contributed by atoms with E-state index in [1.54, 1.807) is 6.20 Å². The summed E-state index contributed by atoms with van der Waals surface area (Å²) in [6, 6.07) is 7.69. The van der Waals surface area contributed by atoms with Gasteiger partial charge in [-0.15, -0.1) is 11.3 Å². The van der Waals surface area contributed by atoms with Gasteiger partial charge in [-0.1, -0.05) is 30.1 Å². The van der Waals surface area contributed by atoms with Gasteiger partial charge in [-0.2, -0.15) is 0 Å². The van der Waals surface area contributed by atoms with E-state index in [-0.39, 0.29) is 11.5 Å². The number of rotatable bonds is 7. The number of amides is 1. The lowest BCUT2D eigenvalue weighted by atomic mass is 10.2. The highest BCUT2D eigenvalue weighted by Crippen LogP contribution is 2.18. The average molecular weight is 361 g/mol. The molecule has 0 aliphatic heterocycles. The van der Waals surface area contributed by atoms with E-state index >= 15 is 0 Å². The first-order valence-corrected chi connectivity index (χ1v) is 9.53. The van der Waals surface area contributed by atoms with Crippen LogP contribution in [0.4, 0.5) is 5.13 Å². The van der Waals surface area contributed by atoms with Crippen LogP contribution in [-0.4, -0.2) is 14.8 Å². The monoisotopic (exact) mass is 361 g/mol. The minimum atomic E-state index is 0.00313. The van der Waals surface area contributed by atoms with E-state index < -0.39 is 0 Å². The van der Waals surface area contributed by atoms with Crippen LogP contribution in [0.5, 0.6) is 0 Å². The zero-order valence-electron chi connectivity index (χ0n) is 13.4. The lowest BCUT2D eigenvalue weighted by molar-refractivity contribution is -0.116. The molecule has 3 aromatic rings. The van der Waals surface area contributed by atoms with Crippen LogP contribution in [0.15, 0.2) is 35.3 Å². The fraction of sp³-hybridized carbons (Fsp3) is 0.353. The zero-order valence-corrected chi connectivity index (χ0v) is 15.1. The van der Waals surface area contributed by atoms with Gasteiger partial charge in [-0.05, 0) is 31.9 Å². The molecule has 7 heteroatoms. The van der Waals surface area contributed by atoms with E-state index in [2.05, 4.69) is 10.3 Å². The highest BCUT2D eigenvalue weighted by Gasteiger charge is 2.07. The Labute approximate surface area is 148 Å². The topological polar surface area (TPSA) is 64.0 Å². The summed E-state index contributed by atoms with van der Waals surface area (Å²) in [5.74, 6) is 0.00313. The van der Waals surface area contributed by atoms with Crippen molar-refractivity contribution in [1.82, 2.24) is 8.94 Å². The molecule has 2 aromatic heterocycles. The molecule has 0 fully saturated rings. The summed E-state index contributed by atoms with van der Waals surface area (Å²) in [4.78, 5) is 29.2. The molecule has 0 saturated carbocycles. The molecule has 0 aliphatic carbocycles. The van der Waals surface area contributed by atoms with Gasteiger partial charge in [-0.25, -0.2) is 4.98 Å². The van der Waals surface area contributed by atoms with Crippen LogP contribution in [0, 0.1) is 6.92 Å². The number of aryl methyl sites for hydroxylation is 2. The minimum Gasteiger partial charge on any atom is -0.302 e. The summed E-state index contributed by atoms with van der Waals surface area (Å²) < 4.78 is 2.84. The Bertz CT molecular complexity index is 895. The number of thiazole rings is 1. The Morgan fingerprint density at radius 2 is 2.08 bits per heavy atom. The van der Waals surface area contributed by atoms with Crippen molar-refractivity contribution < 1.29 is 4.79 Å². The van der Waals surface area contributed by atoms with E-state index in [0.29, 0.717) is 18.1 Å².